The van der Waals surface area contributed by atoms with E-state index >= 15 is 0 Å². The molecule has 1 unspecified atom stereocenters. The van der Waals surface area contributed by atoms with Crippen molar-refractivity contribution in [2.24, 2.45) is 0 Å². The molecule has 0 saturated carbocycles. The second kappa shape index (κ2) is 7.00. The lowest BCUT2D eigenvalue weighted by Crippen LogP contribution is -1.82. The van der Waals surface area contributed by atoms with Crippen molar-refractivity contribution < 1.29 is 0 Å². The van der Waals surface area contributed by atoms with Crippen molar-refractivity contribution in [2.75, 3.05) is 0 Å². The Hall–Kier alpha value is -0.570. The van der Waals surface area contributed by atoms with Crippen LogP contribution in [-0.4, -0.2) is 0 Å². The molecule has 0 aromatic heterocycles. The van der Waals surface area contributed by atoms with E-state index in [1.165, 1.54) is 11.1 Å². The molecule has 1 atom stereocenters. The lowest BCUT2D eigenvalue weighted by molar-refractivity contribution is 1.37. The van der Waals surface area contributed by atoms with Gasteiger partial charge in [-0.3, -0.25) is 0 Å². The van der Waals surface area contributed by atoms with Crippen LogP contribution in [0.5, 0.6) is 0 Å². The van der Waals surface area contributed by atoms with Gasteiger partial charge in [0.15, 0.2) is 0 Å². The van der Waals surface area contributed by atoms with Crippen LogP contribution in [0.25, 0.3) is 0 Å². The van der Waals surface area contributed by atoms with Crippen LogP contribution in [-0.2, 0) is 5.75 Å². The third-order valence-electron chi connectivity index (χ3n) is 2.28. The second-order valence-corrected chi connectivity index (χ2v) is 6.74. The molecule has 0 aliphatic carbocycles. The average molecular weight is 281 g/mol. The molecule has 2 aromatic rings. The van der Waals surface area contributed by atoms with Gasteiger partial charge in [0.25, 0.3) is 0 Å². The van der Waals surface area contributed by atoms with Crippen molar-refractivity contribution in [1.82, 2.24) is 0 Å². The van der Waals surface area contributed by atoms with Gasteiger partial charge in [0.05, 0.1) is 0 Å². The predicted octanol–water partition coefficient (Wildman–Crippen LogP) is 5.51. The van der Waals surface area contributed by atoms with Gasteiger partial charge in [0.2, 0.25) is 0 Å². The predicted molar refractivity (Wildman–Crippen MR) is 80.4 cm³/mol. The monoisotopic (exact) mass is 280 g/mol. The minimum Gasteiger partial charge on any atom is -0.105 e. The fourth-order valence-electron chi connectivity index (χ4n) is 1.40. The molecule has 0 radical (unpaired) electrons. The Labute approximate surface area is 115 Å². The van der Waals surface area contributed by atoms with Crippen LogP contribution in [0.1, 0.15) is 15.8 Å². The maximum Gasteiger partial charge on any atom is 0.114 e. The lowest BCUT2D eigenvalue weighted by atomic mass is 10.2. The van der Waals surface area contributed by atoms with Crippen LogP contribution in [0.15, 0.2) is 60.7 Å². The van der Waals surface area contributed by atoms with E-state index in [-0.39, 0.29) is 4.71 Å². The molecule has 0 nitrogen and oxygen atoms in total. The summed E-state index contributed by atoms with van der Waals surface area (Å²) >= 11 is 6.31. The van der Waals surface area contributed by atoms with Gasteiger partial charge < -0.3 is 0 Å². The highest BCUT2D eigenvalue weighted by Gasteiger charge is 2.07. The van der Waals surface area contributed by atoms with Gasteiger partial charge in [0.1, 0.15) is 4.71 Å². The first-order valence-corrected chi connectivity index (χ1v) is 8.19. The van der Waals surface area contributed by atoms with E-state index in [1.54, 1.807) is 21.6 Å². The van der Waals surface area contributed by atoms with Crippen molar-refractivity contribution in [1.29, 1.82) is 0 Å². The largest absolute Gasteiger partial charge is 0.114 e. The molecule has 0 amide bonds. The highest BCUT2D eigenvalue weighted by atomic mass is 35.5. The minimum atomic E-state index is 0.0184. The number of benzene rings is 2. The first kappa shape index (κ1) is 12.9. The minimum absolute atomic E-state index is 0.0184. The van der Waals surface area contributed by atoms with Gasteiger partial charge in [-0.15, -0.1) is 11.6 Å². The Bertz CT molecular complexity index is 430. The van der Waals surface area contributed by atoms with Gasteiger partial charge in [-0.2, -0.15) is 0 Å². The topological polar surface area (TPSA) is 0 Å². The molecule has 0 fully saturated rings. The number of rotatable bonds is 5. The Balaban J connectivity index is 1.79. The maximum atomic E-state index is 6.31. The summed E-state index contributed by atoms with van der Waals surface area (Å²) in [5.41, 5.74) is 2.50. The summed E-state index contributed by atoms with van der Waals surface area (Å²) in [4.78, 5) is 0. The Kier molecular flexibility index (Phi) is 5.30. The fourth-order valence-corrected chi connectivity index (χ4v) is 4.09. The number of hydrogen-bond donors (Lipinski definition) is 0. The lowest BCUT2D eigenvalue weighted by Gasteiger charge is -2.08. The molecule has 88 valence electrons. The van der Waals surface area contributed by atoms with E-state index in [0.29, 0.717) is 0 Å². The highest BCUT2D eigenvalue weighted by molar-refractivity contribution is 8.76. The third kappa shape index (κ3) is 4.30. The first-order valence-electron chi connectivity index (χ1n) is 5.37. The molecule has 2 aromatic carbocycles. The van der Waals surface area contributed by atoms with Crippen LogP contribution in [0.4, 0.5) is 0 Å². The SMILES string of the molecule is ClC(SSCc1ccccc1)c1ccccc1. The van der Waals surface area contributed by atoms with E-state index in [4.69, 9.17) is 11.6 Å². The number of hydrogen-bond acceptors (Lipinski definition) is 2. The van der Waals surface area contributed by atoms with Crippen molar-refractivity contribution >= 4 is 33.2 Å². The molecule has 0 spiro atoms. The van der Waals surface area contributed by atoms with Crippen molar-refractivity contribution in [3.8, 4) is 0 Å². The van der Waals surface area contributed by atoms with Gasteiger partial charge >= 0.3 is 0 Å². The molecule has 17 heavy (non-hydrogen) atoms. The van der Waals surface area contributed by atoms with Crippen LogP contribution in [0.2, 0.25) is 0 Å². The van der Waals surface area contributed by atoms with Gasteiger partial charge in [-0.05, 0) is 11.1 Å². The summed E-state index contributed by atoms with van der Waals surface area (Å²) in [5.74, 6) is 0.988. The third-order valence-corrected chi connectivity index (χ3v) is 5.49. The summed E-state index contributed by atoms with van der Waals surface area (Å²) in [5, 5.41) is 0. The summed E-state index contributed by atoms with van der Waals surface area (Å²) in [6, 6.07) is 20.6. The second-order valence-electron chi connectivity index (χ2n) is 3.57. The first-order chi connectivity index (χ1) is 8.36. The molecule has 0 bridgehead atoms. The summed E-state index contributed by atoms with van der Waals surface area (Å²) in [6.07, 6.45) is 0. The standard InChI is InChI=1S/C14H13ClS2/c15-14(13-9-5-2-6-10-13)17-16-11-12-7-3-1-4-8-12/h1-10,14H,11H2. The smallest absolute Gasteiger partial charge is 0.105 e. The summed E-state index contributed by atoms with van der Waals surface area (Å²) in [7, 11) is 3.50. The molecule has 0 saturated heterocycles. The number of alkyl halides is 1. The van der Waals surface area contributed by atoms with Crippen LogP contribution >= 0.6 is 33.2 Å². The van der Waals surface area contributed by atoms with E-state index < -0.39 is 0 Å². The normalized spacial score (nSPS) is 12.3. The van der Waals surface area contributed by atoms with Gasteiger partial charge in [-0.25, -0.2) is 0 Å². The molecule has 0 heterocycles. The molecule has 0 aliphatic rings. The van der Waals surface area contributed by atoms with Crippen molar-refractivity contribution in [3.63, 3.8) is 0 Å². The molecule has 3 heteroatoms. The molecular formula is C14H13ClS2. The molecular weight excluding hydrogens is 268 g/mol. The molecule has 0 aliphatic heterocycles. The summed E-state index contributed by atoms with van der Waals surface area (Å²) in [6.45, 7) is 0. The van der Waals surface area contributed by atoms with E-state index in [1.807, 2.05) is 24.3 Å². The molecule has 2 rings (SSSR count). The van der Waals surface area contributed by atoms with E-state index in [9.17, 15) is 0 Å². The van der Waals surface area contributed by atoms with Crippen molar-refractivity contribution in [3.05, 3.63) is 71.8 Å². The zero-order chi connectivity index (χ0) is 11.9. The van der Waals surface area contributed by atoms with E-state index in [2.05, 4.69) is 36.4 Å². The van der Waals surface area contributed by atoms with Crippen LogP contribution in [0.3, 0.4) is 0 Å². The van der Waals surface area contributed by atoms with Crippen LogP contribution in [0, 0.1) is 0 Å². The zero-order valence-corrected chi connectivity index (χ0v) is 11.6. The quantitative estimate of drug-likeness (QED) is 0.523. The Morgan fingerprint density at radius 1 is 0.882 bits per heavy atom. The average Bonchev–Trinajstić information content (AvgIpc) is 2.41. The highest BCUT2D eigenvalue weighted by Crippen LogP contribution is 2.42. The van der Waals surface area contributed by atoms with E-state index in [0.717, 1.165) is 5.75 Å². The van der Waals surface area contributed by atoms with Crippen molar-refractivity contribution in [2.45, 2.75) is 10.5 Å². The van der Waals surface area contributed by atoms with Gasteiger partial charge in [0, 0.05) is 5.75 Å². The Morgan fingerprint density at radius 2 is 1.47 bits per heavy atom. The zero-order valence-electron chi connectivity index (χ0n) is 9.25. The maximum absolute atomic E-state index is 6.31. The number of halogens is 1. The van der Waals surface area contributed by atoms with Gasteiger partial charge in [-0.1, -0.05) is 82.3 Å². The summed E-state index contributed by atoms with van der Waals surface area (Å²) < 4.78 is 0.0184. The van der Waals surface area contributed by atoms with Crippen LogP contribution < -0.4 is 0 Å². The fraction of sp³-hybridized carbons (Fsp3) is 0.143. The molecule has 0 N–H and O–H groups in total. The Morgan fingerprint density at radius 3 is 2.12 bits per heavy atom.